The molecule has 3 rings (SSSR count). The number of carbonyl (C=O) groups is 1. The Bertz CT molecular complexity index is 1140. The normalized spacial score (nSPS) is 11.3. The van der Waals surface area contributed by atoms with Gasteiger partial charge in [-0.1, -0.05) is 76.6 Å². The van der Waals surface area contributed by atoms with Crippen molar-refractivity contribution in [1.82, 2.24) is 10.2 Å². The molecule has 3 aromatic rings. The number of rotatable bonds is 8. The summed E-state index contributed by atoms with van der Waals surface area (Å²) < 4.78 is 26.0. The molecule has 0 saturated heterocycles. The number of anilines is 2. The van der Waals surface area contributed by atoms with Crippen LogP contribution in [-0.4, -0.2) is 37.3 Å². The summed E-state index contributed by atoms with van der Waals surface area (Å²) in [5.74, 6) is 0.171. The van der Waals surface area contributed by atoms with Crippen molar-refractivity contribution in [2.75, 3.05) is 22.4 Å². The van der Waals surface area contributed by atoms with Gasteiger partial charge >= 0.3 is 0 Å². The van der Waals surface area contributed by atoms with Gasteiger partial charge in [0.25, 0.3) is 0 Å². The maximum atomic E-state index is 12.4. The smallest absolute Gasteiger partial charge is 0.246 e. The molecule has 1 heterocycles. The monoisotopic (exact) mass is 502 g/mol. The summed E-state index contributed by atoms with van der Waals surface area (Å²) in [6, 6.07) is 14.2. The number of thioether (sulfide) groups is 1. The average molecular weight is 503 g/mol. The van der Waals surface area contributed by atoms with E-state index in [0.29, 0.717) is 4.34 Å². The van der Waals surface area contributed by atoms with E-state index in [1.165, 1.54) is 41.3 Å². The molecule has 0 aliphatic carbocycles. The zero-order valence-electron chi connectivity index (χ0n) is 15.6. The highest BCUT2D eigenvalue weighted by molar-refractivity contribution is 8.00. The van der Waals surface area contributed by atoms with Gasteiger partial charge in [0.05, 0.1) is 22.0 Å². The lowest BCUT2D eigenvalue weighted by atomic mass is 10.2. The Morgan fingerprint density at radius 3 is 2.53 bits per heavy atom. The van der Waals surface area contributed by atoms with Crippen LogP contribution in [0.15, 0.2) is 52.9 Å². The van der Waals surface area contributed by atoms with Crippen molar-refractivity contribution in [1.29, 1.82) is 0 Å². The summed E-state index contributed by atoms with van der Waals surface area (Å²) in [6.45, 7) is -0.442. The van der Waals surface area contributed by atoms with E-state index in [2.05, 4.69) is 15.5 Å². The van der Waals surface area contributed by atoms with E-state index >= 15 is 0 Å². The molecule has 1 aromatic heterocycles. The number of halogens is 2. The van der Waals surface area contributed by atoms with Gasteiger partial charge in [-0.3, -0.25) is 14.4 Å². The second-order valence-electron chi connectivity index (χ2n) is 6.06. The summed E-state index contributed by atoms with van der Waals surface area (Å²) in [7, 11) is -3.73. The average Bonchev–Trinajstić information content (AvgIpc) is 3.14. The lowest BCUT2D eigenvalue weighted by molar-refractivity contribution is -0.114. The fraction of sp³-hybridized carbons (Fsp3) is 0.167. The van der Waals surface area contributed by atoms with E-state index in [1.807, 2.05) is 30.3 Å². The summed E-state index contributed by atoms with van der Waals surface area (Å²) in [4.78, 5) is 12.4. The minimum Gasteiger partial charge on any atom is -0.299 e. The molecule has 2 aromatic carbocycles. The lowest BCUT2D eigenvalue weighted by Gasteiger charge is -2.21. The van der Waals surface area contributed by atoms with Gasteiger partial charge in [-0.05, 0) is 23.8 Å². The number of hydrogen-bond donors (Lipinski definition) is 1. The summed E-state index contributed by atoms with van der Waals surface area (Å²) in [5, 5.41) is 11.3. The molecule has 1 amide bonds. The van der Waals surface area contributed by atoms with E-state index < -0.39 is 22.5 Å². The molecular weight excluding hydrogens is 487 g/mol. The SMILES string of the molecule is CS(=O)(=O)N(CC(=O)Nc1nnc(SCc2ccccc2)s1)c1ccc(Cl)c(Cl)c1. The van der Waals surface area contributed by atoms with Crippen molar-refractivity contribution in [3.05, 3.63) is 64.1 Å². The molecule has 158 valence electrons. The first-order valence-electron chi connectivity index (χ1n) is 8.45. The molecule has 0 unspecified atom stereocenters. The first kappa shape index (κ1) is 22.8. The fourth-order valence-corrected chi connectivity index (χ4v) is 5.23. The predicted octanol–water partition coefficient (Wildman–Crippen LogP) is 4.54. The Morgan fingerprint density at radius 1 is 1.13 bits per heavy atom. The topological polar surface area (TPSA) is 92.3 Å². The second kappa shape index (κ2) is 9.97. The molecule has 0 aliphatic rings. The molecule has 0 fully saturated rings. The van der Waals surface area contributed by atoms with E-state index in [9.17, 15) is 13.2 Å². The van der Waals surface area contributed by atoms with Gasteiger partial charge in [0.1, 0.15) is 6.54 Å². The number of amides is 1. The molecule has 7 nitrogen and oxygen atoms in total. The number of benzene rings is 2. The Balaban J connectivity index is 1.64. The third-order valence-corrected chi connectivity index (χ3v) is 7.66. The standard InChI is InChI=1S/C18H16Cl2N4O3S3/c1-30(26,27)24(13-7-8-14(19)15(20)9-13)10-16(25)21-17-22-23-18(29-17)28-11-12-5-3-2-4-6-12/h2-9H,10-11H2,1H3,(H,21,22,25). The van der Waals surface area contributed by atoms with Crippen LogP contribution in [0.25, 0.3) is 0 Å². The van der Waals surface area contributed by atoms with E-state index in [1.54, 1.807) is 0 Å². The van der Waals surface area contributed by atoms with Gasteiger partial charge in [-0.25, -0.2) is 8.42 Å². The van der Waals surface area contributed by atoms with Gasteiger partial charge < -0.3 is 0 Å². The van der Waals surface area contributed by atoms with E-state index in [4.69, 9.17) is 23.2 Å². The quantitative estimate of drug-likeness (QED) is 0.359. The molecule has 0 aliphatic heterocycles. The van der Waals surface area contributed by atoms with Crippen molar-refractivity contribution < 1.29 is 13.2 Å². The molecule has 0 radical (unpaired) electrons. The molecule has 0 saturated carbocycles. The number of nitrogens with one attached hydrogen (secondary N) is 1. The molecule has 1 N–H and O–H groups in total. The largest absolute Gasteiger partial charge is 0.299 e. The molecular formula is C18H16Cl2N4O3S3. The number of hydrogen-bond acceptors (Lipinski definition) is 7. The van der Waals surface area contributed by atoms with E-state index in [-0.39, 0.29) is 20.9 Å². The van der Waals surface area contributed by atoms with Crippen LogP contribution in [0.1, 0.15) is 5.56 Å². The third kappa shape index (κ3) is 6.32. The van der Waals surface area contributed by atoms with Crippen LogP contribution in [0, 0.1) is 0 Å². The van der Waals surface area contributed by atoms with Crippen LogP contribution in [-0.2, 0) is 20.6 Å². The van der Waals surface area contributed by atoms with Gasteiger partial charge in [-0.2, -0.15) is 0 Å². The highest BCUT2D eigenvalue weighted by Gasteiger charge is 2.22. The van der Waals surface area contributed by atoms with Crippen LogP contribution in [0.2, 0.25) is 10.0 Å². The maximum absolute atomic E-state index is 12.4. The Morgan fingerprint density at radius 2 is 1.87 bits per heavy atom. The molecule has 30 heavy (non-hydrogen) atoms. The highest BCUT2D eigenvalue weighted by Crippen LogP contribution is 2.30. The predicted molar refractivity (Wildman–Crippen MR) is 123 cm³/mol. The maximum Gasteiger partial charge on any atom is 0.246 e. The van der Waals surface area contributed by atoms with Crippen LogP contribution in [0.5, 0.6) is 0 Å². The van der Waals surface area contributed by atoms with Crippen LogP contribution in [0.4, 0.5) is 10.8 Å². The van der Waals surface area contributed by atoms with E-state index in [0.717, 1.165) is 21.9 Å². The van der Waals surface area contributed by atoms with Crippen molar-refractivity contribution >= 4 is 73.0 Å². The van der Waals surface area contributed by atoms with Crippen LogP contribution in [0.3, 0.4) is 0 Å². The first-order valence-corrected chi connectivity index (χ1v) is 12.9. The number of sulfonamides is 1. The molecule has 12 heteroatoms. The van der Waals surface area contributed by atoms with Gasteiger partial charge in [0.15, 0.2) is 4.34 Å². The van der Waals surface area contributed by atoms with Crippen molar-refractivity contribution in [3.63, 3.8) is 0 Å². The first-order chi connectivity index (χ1) is 14.2. The second-order valence-corrected chi connectivity index (χ2v) is 11.0. The van der Waals surface area contributed by atoms with Crippen molar-refractivity contribution in [3.8, 4) is 0 Å². The molecule has 0 spiro atoms. The highest BCUT2D eigenvalue weighted by atomic mass is 35.5. The number of carbonyl (C=O) groups excluding carboxylic acids is 1. The third-order valence-electron chi connectivity index (χ3n) is 3.74. The van der Waals surface area contributed by atoms with Crippen molar-refractivity contribution in [2.45, 2.75) is 10.1 Å². The molecule has 0 atom stereocenters. The number of nitrogens with zero attached hydrogens (tertiary/aromatic N) is 3. The van der Waals surface area contributed by atoms with Gasteiger partial charge in [0.2, 0.25) is 21.1 Å². The fourth-order valence-electron chi connectivity index (χ4n) is 2.37. The zero-order chi connectivity index (χ0) is 21.7. The minimum atomic E-state index is -3.73. The Hall–Kier alpha value is -1.85. The zero-order valence-corrected chi connectivity index (χ0v) is 19.5. The Labute approximate surface area is 192 Å². The van der Waals surface area contributed by atoms with Crippen LogP contribution < -0.4 is 9.62 Å². The van der Waals surface area contributed by atoms with Gasteiger partial charge in [-0.15, -0.1) is 10.2 Å². The lowest BCUT2D eigenvalue weighted by Crippen LogP contribution is -2.37. The number of aromatic nitrogens is 2. The Kier molecular flexibility index (Phi) is 7.59. The van der Waals surface area contributed by atoms with Gasteiger partial charge in [0, 0.05) is 5.75 Å². The van der Waals surface area contributed by atoms with Crippen molar-refractivity contribution in [2.24, 2.45) is 0 Å². The summed E-state index contributed by atoms with van der Waals surface area (Å²) in [6.07, 6.45) is 1.01. The van der Waals surface area contributed by atoms with Crippen LogP contribution >= 0.6 is 46.3 Å². The summed E-state index contributed by atoms with van der Waals surface area (Å²) >= 11 is 14.6. The summed E-state index contributed by atoms with van der Waals surface area (Å²) in [5.41, 5.74) is 1.38. The molecule has 0 bridgehead atoms. The minimum absolute atomic E-state index is 0.187.